The van der Waals surface area contributed by atoms with E-state index in [4.69, 9.17) is 0 Å². The molecule has 0 heteroatoms. The standard InChI is InChI=1S/C32H46/c1-6-13-26(27-16-14-24(2)22-29(27)31(4)18-9-7-10-19-31)28-17-15-25(3)23-30(28)32(5)20-11-8-12-21-32/h14-17,22-23,26H,6-13,18-21H2,1-5H3. The summed E-state index contributed by atoms with van der Waals surface area (Å²) in [7, 11) is 0. The van der Waals surface area contributed by atoms with Crippen molar-refractivity contribution in [1.82, 2.24) is 0 Å². The van der Waals surface area contributed by atoms with E-state index in [1.165, 1.54) is 88.2 Å². The largest absolute Gasteiger partial charge is 0.0653 e. The smallest absolute Gasteiger partial charge is 0.00951 e. The van der Waals surface area contributed by atoms with Crippen LogP contribution in [0.15, 0.2) is 36.4 Å². The van der Waals surface area contributed by atoms with E-state index in [9.17, 15) is 0 Å². The van der Waals surface area contributed by atoms with Crippen molar-refractivity contribution in [1.29, 1.82) is 0 Å². The van der Waals surface area contributed by atoms with E-state index in [0.29, 0.717) is 16.7 Å². The van der Waals surface area contributed by atoms with Gasteiger partial charge in [0.2, 0.25) is 0 Å². The second-order valence-electron chi connectivity index (χ2n) is 11.8. The van der Waals surface area contributed by atoms with Gasteiger partial charge in [-0.05, 0) is 79.0 Å². The zero-order valence-electron chi connectivity index (χ0n) is 21.5. The molecule has 2 aromatic rings. The van der Waals surface area contributed by atoms with Crippen LogP contribution >= 0.6 is 0 Å². The van der Waals surface area contributed by atoms with Crippen molar-refractivity contribution < 1.29 is 0 Å². The molecule has 2 saturated carbocycles. The second-order valence-corrected chi connectivity index (χ2v) is 11.8. The van der Waals surface area contributed by atoms with Gasteiger partial charge in [0.05, 0.1) is 0 Å². The van der Waals surface area contributed by atoms with Crippen LogP contribution in [0.3, 0.4) is 0 Å². The Hall–Kier alpha value is -1.56. The van der Waals surface area contributed by atoms with Crippen LogP contribution in [0.2, 0.25) is 0 Å². The van der Waals surface area contributed by atoms with E-state index in [1.807, 2.05) is 0 Å². The molecular weight excluding hydrogens is 384 g/mol. The van der Waals surface area contributed by atoms with Crippen molar-refractivity contribution >= 4 is 0 Å². The monoisotopic (exact) mass is 430 g/mol. The Morgan fingerprint density at radius 2 is 1.06 bits per heavy atom. The Morgan fingerprint density at radius 1 is 0.656 bits per heavy atom. The fourth-order valence-electron chi connectivity index (χ4n) is 6.96. The van der Waals surface area contributed by atoms with Crippen molar-refractivity contribution in [3.05, 3.63) is 69.8 Å². The molecule has 174 valence electrons. The number of benzene rings is 2. The number of hydrogen-bond acceptors (Lipinski definition) is 0. The first-order valence-corrected chi connectivity index (χ1v) is 13.6. The molecule has 0 nitrogen and oxygen atoms in total. The molecule has 0 aromatic heterocycles. The topological polar surface area (TPSA) is 0 Å². The van der Waals surface area contributed by atoms with E-state index in [0.717, 1.165) is 0 Å². The van der Waals surface area contributed by atoms with Gasteiger partial charge in [-0.2, -0.15) is 0 Å². The number of rotatable bonds is 6. The van der Waals surface area contributed by atoms with Gasteiger partial charge in [-0.3, -0.25) is 0 Å². The molecule has 0 saturated heterocycles. The summed E-state index contributed by atoms with van der Waals surface area (Å²) in [4.78, 5) is 0. The van der Waals surface area contributed by atoms with Gasteiger partial charge in [-0.1, -0.05) is 113 Å². The highest BCUT2D eigenvalue weighted by atomic mass is 14.4. The lowest BCUT2D eigenvalue weighted by atomic mass is 9.64. The third-order valence-electron chi connectivity index (χ3n) is 8.96. The fraction of sp³-hybridized carbons (Fsp3) is 0.625. The molecule has 0 unspecified atom stereocenters. The van der Waals surface area contributed by atoms with Crippen LogP contribution in [-0.4, -0.2) is 0 Å². The van der Waals surface area contributed by atoms with Gasteiger partial charge in [-0.25, -0.2) is 0 Å². The highest BCUT2D eigenvalue weighted by Gasteiger charge is 2.36. The molecule has 0 amide bonds. The highest BCUT2D eigenvalue weighted by Crippen LogP contribution is 2.48. The molecule has 0 heterocycles. The van der Waals surface area contributed by atoms with Gasteiger partial charge in [0.15, 0.2) is 0 Å². The molecule has 2 aromatic carbocycles. The molecule has 0 spiro atoms. The van der Waals surface area contributed by atoms with Crippen molar-refractivity contribution in [3.63, 3.8) is 0 Å². The van der Waals surface area contributed by atoms with Crippen LogP contribution in [-0.2, 0) is 10.8 Å². The van der Waals surface area contributed by atoms with E-state index in [-0.39, 0.29) is 0 Å². The molecule has 0 N–H and O–H groups in total. The average Bonchev–Trinajstić information content (AvgIpc) is 2.79. The normalized spacial score (nSPS) is 20.4. The van der Waals surface area contributed by atoms with Gasteiger partial charge >= 0.3 is 0 Å². The van der Waals surface area contributed by atoms with Gasteiger partial charge in [0.25, 0.3) is 0 Å². The Labute approximate surface area is 198 Å². The predicted octanol–water partition coefficient (Wildman–Crippen LogP) is 9.68. The van der Waals surface area contributed by atoms with Crippen LogP contribution in [0.1, 0.15) is 137 Å². The van der Waals surface area contributed by atoms with Crippen molar-refractivity contribution in [2.45, 2.75) is 128 Å². The molecule has 0 bridgehead atoms. The lowest BCUT2D eigenvalue weighted by Crippen LogP contribution is -2.29. The van der Waals surface area contributed by atoms with Crippen molar-refractivity contribution in [2.24, 2.45) is 0 Å². The summed E-state index contributed by atoms with van der Waals surface area (Å²) in [6.07, 6.45) is 16.2. The number of hydrogen-bond donors (Lipinski definition) is 0. The Bertz CT molecular complexity index is 832. The summed E-state index contributed by atoms with van der Waals surface area (Å²) >= 11 is 0. The number of aryl methyl sites for hydroxylation is 2. The zero-order chi connectivity index (χ0) is 22.8. The molecule has 2 aliphatic carbocycles. The van der Waals surface area contributed by atoms with Gasteiger partial charge < -0.3 is 0 Å². The predicted molar refractivity (Wildman–Crippen MR) is 140 cm³/mol. The summed E-state index contributed by atoms with van der Waals surface area (Å²) < 4.78 is 0. The third-order valence-corrected chi connectivity index (χ3v) is 8.96. The van der Waals surface area contributed by atoms with Crippen LogP contribution in [0.4, 0.5) is 0 Å². The van der Waals surface area contributed by atoms with E-state index in [1.54, 1.807) is 22.3 Å². The summed E-state index contributed by atoms with van der Waals surface area (Å²) in [6.45, 7) is 12.1. The Balaban J connectivity index is 1.86. The summed E-state index contributed by atoms with van der Waals surface area (Å²) in [5, 5.41) is 0. The summed E-state index contributed by atoms with van der Waals surface area (Å²) in [5.41, 5.74) is 10.1. The minimum Gasteiger partial charge on any atom is -0.0653 e. The maximum absolute atomic E-state index is 2.56. The summed E-state index contributed by atoms with van der Waals surface area (Å²) in [6, 6.07) is 14.9. The minimum atomic E-state index is 0.338. The fourth-order valence-corrected chi connectivity index (χ4v) is 6.96. The van der Waals surface area contributed by atoms with E-state index >= 15 is 0 Å². The summed E-state index contributed by atoms with van der Waals surface area (Å²) in [5.74, 6) is 0.517. The molecule has 4 rings (SSSR count). The molecule has 0 aliphatic heterocycles. The maximum Gasteiger partial charge on any atom is 0.00951 e. The van der Waals surface area contributed by atoms with Crippen LogP contribution in [0.5, 0.6) is 0 Å². The Morgan fingerprint density at radius 3 is 1.44 bits per heavy atom. The van der Waals surface area contributed by atoms with Gasteiger partial charge in [-0.15, -0.1) is 0 Å². The second kappa shape index (κ2) is 9.74. The average molecular weight is 431 g/mol. The Kier molecular flexibility index (Phi) is 7.18. The lowest BCUT2D eigenvalue weighted by Gasteiger charge is -2.40. The first-order valence-electron chi connectivity index (χ1n) is 13.6. The van der Waals surface area contributed by atoms with Crippen LogP contribution in [0.25, 0.3) is 0 Å². The van der Waals surface area contributed by atoms with E-state index < -0.39 is 0 Å². The minimum absolute atomic E-state index is 0.338. The molecule has 32 heavy (non-hydrogen) atoms. The van der Waals surface area contributed by atoms with Crippen LogP contribution in [0, 0.1) is 13.8 Å². The molecule has 0 radical (unpaired) electrons. The van der Waals surface area contributed by atoms with E-state index in [2.05, 4.69) is 71.0 Å². The SMILES string of the molecule is CCCC(c1ccc(C)cc1C1(C)CCCCC1)c1ccc(C)cc1C1(C)CCCCC1. The molecular formula is C32H46. The molecule has 2 aliphatic rings. The van der Waals surface area contributed by atoms with Gasteiger partial charge in [0, 0.05) is 5.92 Å². The van der Waals surface area contributed by atoms with Gasteiger partial charge in [0.1, 0.15) is 0 Å². The maximum atomic E-state index is 2.56. The first kappa shape index (κ1) is 23.6. The first-order chi connectivity index (χ1) is 15.4. The van der Waals surface area contributed by atoms with Crippen LogP contribution < -0.4 is 0 Å². The quantitative estimate of drug-likeness (QED) is 0.428. The molecule has 0 atom stereocenters. The van der Waals surface area contributed by atoms with Crippen molar-refractivity contribution in [2.75, 3.05) is 0 Å². The van der Waals surface area contributed by atoms with Crippen molar-refractivity contribution in [3.8, 4) is 0 Å². The molecule has 2 fully saturated rings. The zero-order valence-corrected chi connectivity index (χ0v) is 21.5. The highest BCUT2D eigenvalue weighted by molar-refractivity contribution is 5.48. The lowest BCUT2D eigenvalue weighted by molar-refractivity contribution is 0.313. The third kappa shape index (κ3) is 4.71.